The van der Waals surface area contributed by atoms with E-state index >= 15 is 0 Å². The van der Waals surface area contributed by atoms with Crippen LogP contribution < -0.4 is 5.32 Å². The Bertz CT molecular complexity index is 395. The van der Waals surface area contributed by atoms with Crippen LogP contribution in [0.25, 0.3) is 0 Å². The first-order valence-corrected chi connectivity index (χ1v) is 8.51. The number of rotatable bonds is 4. The molecule has 0 aromatic carbocycles. The van der Waals surface area contributed by atoms with Crippen LogP contribution in [0.1, 0.15) is 46.5 Å². The van der Waals surface area contributed by atoms with Crippen LogP contribution in [-0.2, 0) is 14.6 Å². The van der Waals surface area contributed by atoms with Crippen molar-refractivity contribution in [3.05, 3.63) is 0 Å². The summed E-state index contributed by atoms with van der Waals surface area (Å²) in [5.74, 6) is 0.0617. The number of ketones is 1. The third-order valence-electron chi connectivity index (χ3n) is 3.48. The molecule has 0 spiro atoms. The summed E-state index contributed by atoms with van der Waals surface area (Å²) >= 11 is 0. The van der Waals surface area contributed by atoms with Gasteiger partial charge in [0.15, 0.2) is 0 Å². The van der Waals surface area contributed by atoms with E-state index < -0.39 is 9.84 Å². The van der Waals surface area contributed by atoms with Crippen molar-refractivity contribution in [1.82, 2.24) is 5.32 Å². The lowest BCUT2D eigenvalue weighted by Gasteiger charge is -2.28. The highest BCUT2D eigenvalue weighted by Crippen LogP contribution is 2.29. The van der Waals surface area contributed by atoms with Crippen LogP contribution in [0.15, 0.2) is 0 Å². The summed E-state index contributed by atoms with van der Waals surface area (Å²) in [7, 11) is -3.01. The Morgan fingerprint density at radius 3 is 2.39 bits per heavy atom. The molecule has 1 N–H and O–H groups in total. The van der Waals surface area contributed by atoms with E-state index in [0.29, 0.717) is 19.4 Å². The zero-order chi connectivity index (χ0) is 14.0. The predicted octanol–water partition coefficient (Wildman–Crippen LogP) is 1.55. The minimum absolute atomic E-state index is 0.0828. The second-order valence-corrected chi connectivity index (χ2v) is 8.71. The maximum absolute atomic E-state index is 12.1. The van der Waals surface area contributed by atoms with Crippen LogP contribution in [0.3, 0.4) is 0 Å². The lowest BCUT2D eigenvalue weighted by Crippen LogP contribution is -2.42. The minimum Gasteiger partial charge on any atom is -0.305 e. The summed E-state index contributed by atoms with van der Waals surface area (Å²) in [5, 5.41) is 2.85. The quantitative estimate of drug-likeness (QED) is 0.845. The number of Topliss-reactive ketones (excluding diaryl/α,β-unsaturated/α-hetero) is 1. The van der Waals surface area contributed by atoms with Crippen LogP contribution in [0.4, 0.5) is 0 Å². The molecule has 1 fully saturated rings. The fourth-order valence-electron chi connectivity index (χ4n) is 2.32. The first-order valence-electron chi connectivity index (χ1n) is 6.56. The summed E-state index contributed by atoms with van der Waals surface area (Å²) in [6.45, 7) is 6.38. The van der Waals surface area contributed by atoms with Gasteiger partial charge in [0.2, 0.25) is 0 Å². The van der Waals surface area contributed by atoms with Crippen molar-refractivity contribution in [2.75, 3.05) is 12.8 Å². The van der Waals surface area contributed by atoms with Crippen LogP contribution in [-0.4, -0.2) is 37.8 Å². The molecule has 1 aliphatic rings. The van der Waals surface area contributed by atoms with Crippen molar-refractivity contribution in [3.8, 4) is 0 Å². The molecule has 0 amide bonds. The van der Waals surface area contributed by atoms with Gasteiger partial charge in [-0.3, -0.25) is 4.79 Å². The Kier molecular flexibility index (Phi) is 4.95. The van der Waals surface area contributed by atoms with E-state index in [1.807, 2.05) is 20.8 Å². The van der Waals surface area contributed by atoms with E-state index in [4.69, 9.17) is 0 Å². The molecule has 1 saturated carbocycles. The number of carbonyl (C=O) groups is 1. The van der Waals surface area contributed by atoms with Gasteiger partial charge in [0.25, 0.3) is 0 Å². The van der Waals surface area contributed by atoms with Crippen molar-refractivity contribution < 1.29 is 13.2 Å². The van der Waals surface area contributed by atoms with Gasteiger partial charge in [-0.05, 0) is 40.0 Å². The molecule has 5 heteroatoms. The zero-order valence-electron chi connectivity index (χ0n) is 11.8. The molecule has 106 valence electrons. The number of hydrogen-bond acceptors (Lipinski definition) is 4. The number of sulfone groups is 1. The highest BCUT2D eigenvalue weighted by Gasteiger charge is 2.32. The van der Waals surface area contributed by atoms with E-state index in [1.54, 1.807) is 0 Å². The zero-order valence-corrected chi connectivity index (χ0v) is 12.6. The molecular formula is C13H25NO3S. The largest absolute Gasteiger partial charge is 0.305 e. The Morgan fingerprint density at radius 1 is 1.28 bits per heavy atom. The smallest absolute Gasteiger partial charge is 0.150 e. The molecule has 0 radical (unpaired) electrons. The van der Waals surface area contributed by atoms with Crippen LogP contribution >= 0.6 is 0 Å². The van der Waals surface area contributed by atoms with Gasteiger partial charge in [-0.15, -0.1) is 0 Å². The standard InChI is InChI=1S/C13H25NO3S/c1-13(2,3)14-9-12(15)10-6-5-7-11(8-10)18(4,16)17/h10-11,14H,5-9H2,1-4H3. The fourth-order valence-corrected chi connectivity index (χ4v) is 3.50. The highest BCUT2D eigenvalue weighted by molar-refractivity contribution is 7.91. The van der Waals surface area contributed by atoms with Crippen molar-refractivity contribution in [2.24, 2.45) is 5.92 Å². The maximum atomic E-state index is 12.1. The molecule has 1 aliphatic carbocycles. The lowest BCUT2D eigenvalue weighted by atomic mass is 9.85. The summed E-state index contributed by atoms with van der Waals surface area (Å²) in [6.07, 6.45) is 4.15. The molecule has 0 bridgehead atoms. The van der Waals surface area contributed by atoms with E-state index in [9.17, 15) is 13.2 Å². The topological polar surface area (TPSA) is 63.2 Å². The van der Waals surface area contributed by atoms with Gasteiger partial charge < -0.3 is 5.32 Å². The van der Waals surface area contributed by atoms with E-state index in [1.165, 1.54) is 6.26 Å². The van der Waals surface area contributed by atoms with Gasteiger partial charge in [-0.2, -0.15) is 0 Å². The molecular weight excluding hydrogens is 250 g/mol. The molecule has 0 aromatic rings. The van der Waals surface area contributed by atoms with Gasteiger partial charge in [-0.1, -0.05) is 6.42 Å². The van der Waals surface area contributed by atoms with Gasteiger partial charge in [-0.25, -0.2) is 8.42 Å². The van der Waals surface area contributed by atoms with Crippen molar-refractivity contribution in [3.63, 3.8) is 0 Å². The predicted molar refractivity (Wildman–Crippen MR) is 73.4 cm³/mol. The van der Waals surface area contributed by atoms with Gasteiger partial charge in [0.1, 0.15) is 15.6 Å². The van der Waals surface area contributed by atoms with E-state index in [0.717, 1.165) is 12.8 Å². The summed E-state index contributed by atoms with van der Waals surface area (Å²) in [6, 6.07) is 0. The van der Waals surface area contributed by atoms with E-state index in [-0.39, 0.29) is 22.5 Å². The molecule has 2 atom stereocenters. The Morgan fingerprint density at radius 2 is 1.89 bits per heavy atom. The Hall–Kier alpha value is -0.420. The molecule has 0 aliphatic heterocycles. The first-order chi connectivity index (χ1) is 8.09. The van der Waals surface area contributed by atoms with Crippen LogP contribution in [0.5, 0.6) is 0 Å². The van der Waals surface area contributed by atoms with Crippen molar-refractivity contribution in [1.29, 1.82) is 0 Å². The molecule has 0 heterocycles. The van der Waals surface area contributed by atoms with Gasteiger partial charge in [0, 0.05) is 17.7 Å². The Labute approximate surface area is 110 Å². The molecule has 18 heavy (non-hydrogen) atoms. The van der Waals surface area contributed by atoms with Crippen LogP contribution in [0.2, 0.25) is 0 Å². The minimum atomic E-state index is -3.01. The lowest BCUT2D eigenvalue weighted by molar-refractivity contribution is -0.123. The highest BCUT2D eigenvalue weighted by atomic mass is 32.2. The second kappa shape index (κ2) is 5.70. The van der Waals surface area contributed by atoms with E-state index in [2.05, 4.69) is 5.32 Å². The van der Waals surface area contributed by atoms with Gasteiger partial charge in [0.05, 0.1) is 11.8 Å². The summed E-state index contributed by atoms with van der Waals surface area (Å²) < 4.78 is 23.1. The first kappa shape index (κ1) is 15.6. The molecule has 4 nitrogen and oxygen atoms in total. The molecule has 2 unspecified atom stereocenters. The fraction of sp³-hybridized carbons (Fsp3) is 0.923. The Balaban J connectivity index is 2.54. The molecule has 0 aromatic heterocycles. The third-order valence-corrected chi connectivity index (χ3v) is 5.12. The van der Waals surface area contributed by atoms with Crippen molar-refractivity contribution >= 4 is 15.6 Å². The SMILES string of the molecule is CC(C)(C)NCC(=O)C1CCCC(S(C)(=O)=O)C1. The number of carbonyl (C=O) groups excluding carboxylic acids is 1. The third kappa shape index (κ3) is 5.06. The van der Waals surface area contributed by atoms with Crippen LogP contribution in [0, 0.1) is 5.92 Å². The number of nitrogens with one attached hydrogen (secondary N) is 1. The average molecular weight is 275 g/mol. The molecule has 0 saturated heterocycles. The monoisotopic (exact) mass is 275 g/mol. The normalized spacial score (nSPS) is 26.0. The summed E-state index contributed by atoms with van der Waals surface area (Å²) in [5.41, 5.74) is -0.0828. The van der Waals surface area contributed by atoms with Gasteiger partial charge >= 0.3 is 0 Å². The molecule has 1 rings (SSSR count). The number of hydrogen-bond donors (Lipinski definition) is 1. The average Bonchev–Trinajstić information content (AvgIpc) is 2.24. The second-order valence-electron chi connectivity index (χ2n) is 6.38. The maximum Gasteiger partial charge on any atom is 0.150 e. The van der Waals surface area contributed by atoms with Crippen molar-refractivity contribution in [2.45, 2.75) is 57.2 Å². The summed E-state index contributed by atoms with van der Waals surface area (Å²) in [4.78, 5) is 12.1.